The molecule has 0 spiro atoms. The maximum Gasteiger partial charge on any atom is 0.336 e. The van der Waals surface area contributed by atoms with Gasteiger partial charge in [0.2, 0.25) is 0 Å². The Kier molecular flexibility index (Phi) is 8.55. The van der Waals surface area contributed by atoms with Crippen molar-refractivity contribution in [2.75, 3.05) is 18.5 Å². The number of hydrogen-bond donors (Lipinski definition) is 2. The second-order valence-electron chi connectivity index (χ2n) is 9.64. The van der Waals surface area contributed by atoms with Gasteiger partial charge in [-0.3, -0.25) is 0 Å². The van der Waals surface area contributed by atoms with Crippen LogP contribution in [0.4, 0.5) is 10.8 Å². The SMILES string of the molecule is CCOC(=O)C1=C(C)NC(C)=C(C(=O)OCC)C1c1cccc(Nc2nc(-c3c(C)cc(C)cc3C)cs2)c1. The third-order valence-electron chi connectivity index (χ3n) is 6.66. The summed E-state index contributed by atoms with van der Waals surface area (Å²) in [6.07, 6.45) is 0. The quantitative estimate of drug-likeness (QED) is 0.300. The van der Waals surface area contributed by atoms with Crippen LogP contribution in [-0.2, 0) is 19.1 Å². The summed E-state index contributed by atoms with van der Waals surface area (Å²) >= 11 is 1.53. The molecule has 0 radical (unpaired) electrons. The van der Waals surface area contributed by atoms with Gasteiger partial charge in [-0.05, 0) is 77.3 Å². The maximum absolute atomic E-state index is 13.1. The highest BCUT2D eigenvalue weighted by molar-refractivity contribution is 7.14. The van der Waals surface area contributed by atoms with Gasteiger partial charge in [0, 0.05) is 28.0 Å². The molecule has 3 aromatic rings. The third kappa shape index (κ3) is 5.91. The van der Waals surface area contributed by atoms with Crippen molar-refractivity contribution in [1.29, 1.82) is 0 Å². The number of carbonyl (C=O) groups is 2. The molecule has 1 aliphatic heterocycles. The molecule has 1 aliphatic rings. The Morgan fingerprint density at radius 3 is 2.08 bits per heavy atom. The van der Waals surface area contributed by atoms with E-state index in [0.717, 1.165) is 27.6 Å². The number of thiazole rings is 1. The molecule has 0 saturated heterocycles. The van der Waals surface area contributed by atoms with Crippen LogP contribution in [0.1, 0.15) is 55.9 Å². The lowest BCUT2D eigenvalue weighted by molar-refractivity contribution is -0.139. The highest BCUT2D eigenvalue weighted by atomic mass is 32.1. The predicted molar refractivity (Wildman–Crippen MR) is 156 cm³/mol. The van der Waals surface area contributed by atoms with Crippen molar-refractivity contribution >= 4 is 34.1 Å². The van der Waals surface area contributed by atoms with Crippen LogP contribution in [0.25, 0.3) is 11.3 Å². The summed E-state index contributed by atoms with van der Waals surface area (Å²) in [5.74, 6) is -1.57. The molecule has 0 unspecified atom stereocenters. The van der Waals surface area contributed by atoms with E-state index in [9.17, 15) is 9.59 Å². The van der Waals surface area contributed by atoms with Crippen LogP contribution >= 0.6 is 11.3 Å². The van der Waals surface area contributed by atoms with Crippen LogP contribution in [0.5, 0.6) is 0 Å². The van der Waals surface area contributed by atoms with E-state index in [1.54, 1.807) is 13.8 Å². The third-order valence-corrected chi connectivity index (χ3v) is 7.42. The normalized spacial score (nSPS) is 13.8. The molecule has 2 heterocycles. The lowest BCUT2D eigenvalue weighted by Gasteiger charge is -2.30. The average Bonchev–Trinajstić information content (AvgIpc) is 3.31. The number of benzene rings is 2. The number of aryl methyl sites for hydroxylation is 3. The van der Waals surface area contributed by atoms with E-state index >= 15 is 0 Å². The largest absolute Gasteiger partial charge is 0.463 e. The first-order valence-corrected chi connectivity index (χ1v) is 14.0. The topological polar surface area (TPSA) is 89.5 Å². The number of ether oxygens (including phenoxy) is 2. The van der Waals surface area contributed by atoms with Gasteiger partial charge < -0.3 is 20.1 Å². The van der Waals surface area contributed by atoms with Crippen molar-refractivity contribution in [1.82, 2.24) is 10.3 Å². The molecule has 4 rings (SSSR count). The molecule has 0 atom stereocenters. The first-order chi connectivity index (χ1) is 18.6. The van der Waals surface area contributed by atoms with Gasteiger partial charge in [0.15, 0.2) is 5.13 Å². The number of rotatable bonds is 8. The molecule has 8 heteroatoms. The summed E-state index contributed by atoms with van der Waals surface area (Å²) in [6, 6.07) is 12.0. The van der Waals surface area contributed by atoms with E-state index in [0.29, 0.717) is 22.5 Å². The molecule has 204 valence electrons. The fourth-order valence-corrected chi connectivity index (χ4v) is 5.96. The molecule has 7 nitrogen and oxygen atoms in total. The van der Waals surface area contributed by atoms with Crippen LogP contribution < -0.4 is 10.6 Å². The molecular weight excluding hydrogens is 510 g/mol. The fraction of sp³-hybridized carbons (Fsp3) is 0.323. The Bertz CT molecular complexity index is 1420. The Labute approximate surface area is 234 Å². The zero-order chi connectivity index (χ0) is 28.3. The number of aromatic nitrogens is 1. The molecule has 0 fully saturated rings. The number of hydrogen-bond acceptors (Lipinski definition) is 8. The highest BCUT2D eigenvalue weighted by Crippen LogP contribution is 2.40. The summed E-state index contributed by atoms with van der Waals surface area (Å²) in [6.45, 7) is 13.9. The Hall–Kier alpha value is -3.91. The summed E-state index contributed by atoms with van der Waals surface area (Å²) in [4.78, 5) is 31.1. The Morgan fingerprint density at radius 2 is 1.51 bits per heavy atom. The van der Waals surface area contributed by atoms with Crippen molar-refractivity contribution in [2.24, 2.45) is 0 Å². The molecule has 0 aliphatic carbocycles. The summed E-state index contributed by atoms with van der Waals surface area (Å²) in [7, 11) is 0. The second-order valence-corrected chi connectivity index (χ2v) is 10.5. The van der Waals surface area contributed by atoms with E-state index < -0.39 is 17.9 Å². The van der Waals surface area contributed by atoms with Gasteiger partial charge in [0.25, 0.3) is 0 Å². The molecule has 0 amide bonds. The zero-order valence-electron chi connectivity index (χ0n) is 23.5. The van der Waals surface area contributed by atoms with Gasteiger partial charge in [0.1, 0.15) is 0 Å². The average molecular weight is 546 g/mol. The highest BCUT2D eigenvalue weighted by Gasteiger charge is 2.38. The Balaban J connectivity index is 1.71. The summed E-state index contributed by atoms with van der Waals surface area (Å²) in [5.41, 5.74) is 9.35. The number of anilines is 2. The minimum absolute atomic E-state index is 0.230. The molecule has 2 N–H and O–H groups in total. The summed E-state index contributed by atoms with van der Waals surface area (Å²) < 4.78 is 10.8. The first-order valence-electron chi connectivity index (χ1n) is 13.1. The predicted octanol–water partition coefficient (Wildman–Crippen LogP) is 6.84. The molecule has 39 heavy (non-hydrogen) atoms. The van der Waals surface area contributed by atoms with Crippen molar-refractivity contribution < 1.29 is 19.1 Å². The minimum Gasteiger partial charge on any atom is -0.463 e. The lowest BCUT2D eigenvalue weighted by atomic mass is 9.80. The first kappa shape index (κ1) is 28.1. The van der Waals surface area contributed by atoms with Gasteiger partial charge >= 0.3 is 11.9 Å². The summed E-state index contributed by atoms with van der Waals surface area (Å²) in [5, 5.41) is 9.40. The van der Waals surface area contributed by atoms with Gasteiger partial charge in [-0.25, -0.2) is 14.6 Å². The molecule has 1 aromatic heterocycles. The van der Waals surface area contributed by atoms with Crippen molar-refractivity contribution in [3.8, 4) is 11.3 Å². The molecular formula is C31H35N3O4S. The van der Waals surface area contributed by atoms with E-state index in [-0.39, 0.29) is 13.2 Å². The van der Waals surface area contributed by atoms with Crippen molar-refractivity contribution in [3.63, 3.8) is 0 Å². The number of nitrogens with zero attached hydrogens (tertiary/aromatic N) is 1. The number of nitrogens with one attached hydrogen (secondary N) is 2. The molecule has 0 saturated carbocycles. The van der Waals surface area contributed by atoms with Crippen LogP contribution in [0.3, 0.4) is 0 Å². The van der Waals surface area contributed by atoms with Gasteiger partial charge in [-0.15, -0.1) is 11.3 Å². The van der Waals surface area contributed by atoms with Crippen LogP contribution in [0.2, 0.25) is 0 Å². The second kappa shape index (κ2) is 11.9. The molecule has 0 bridgehead atoms. The van der Waals surface area contributed by atoms with Crippen LogP contribution in [0, 0.1) is 20.8 Å². The standard InChI is InChI=1S/C31H35N3O4S/c1-8-37-29(35)26-20(6)32-21(7)27(30(36)38-9-2)28(26)22-11-10-12-23(15-22)33-31-34-24(16-39-31)25-18(4)13-17(3)14-19(25)5/h10-16,28,32H,8-9H2,1-7H3,(H,33,34). The monoisotopic (exact) mass is 545 g/mol. The number of dihydropyridines is 1. The van der Waals surface area contributed by atoms with Crippen LogP contribution in [-0.4, -0.2) is 30.1 Å². The van der Waals surface area contributed by atoms with E-state index in [4.69, 9.17) is 14.5 Å². The smallest absolute Gasteiger partial charge is 0.336 e. The molecule has 2 aromatic carbocycles. The van der Waals surface area contributed by atoms with E-state index in [1.165, 1.54) is 28.0 Å². The van der Waals surface area contributed by atoms with Gasteiger partial charge in [0.05, 0.1) is 36.0 Å². The van der Waals surface area contributed by atoms with Gasteiger partial charge in [-0.2, -0.15) is 0 Å². The van der Waals surface area contributed by atoms with Crippen molar-refractivity contribution in [2.45, 2.75) is 54.4 Å². The number of allylic oxidation sites excluding steroid dienone is 2. The Morgan fingerprint density at radius 1 is 0.923 bits per heavy atom. The van der Waals surface area contributed by atoms with Crippen LogP contribution in [0.15, 0.2) is 64.3 Å². The van der Waals surface area contributed by atoms with E-state index in [1.807, 2.05) is 38.1 Å². The van der Waals surface area contributed by atoms with Crippen molar-refractivity contribution in [3.05, 3.63) is 86.6 Å². The van der Waals surface area contributed by atoms with E-state index in [2.05, 4.69) is 48.9 Å². The number of esters is 2. The lowest BCUT2D eigenvalue weighted by Crippen LogP contribution is -2.32. The number of carbonyl (C=O) groups excluding carboxylic acids is 2. The minimum atomic E-state index is -0.643. The zero-order valence-corrected chi connectivity index (χ0v) is 24.3. The van der Waals surface area contributed by atoms with Gasteiger partial charge in [-0.1, -0.05) is 29.8 Å². The maximum atomic E-state index is 13.1. The fourth-order valence-electron chi connectivity index (χ4n) is 5.24.